The molecule has 1 aliphatic heterocycles. The third-order valence-corrected chi connectivity index (χ3v) is 7.32. The van der Waals surface area contributed by atoms with E-state index in [4.69, 9.17) is 9.72 Å². The van der Waals surface area contributed by atoms with Crippen LogP contribution in [0.5, 0.6) is 0 Å². The summed E-state index contributed by atoms with van der Waals surface area (Å²) in [5, 5.41) is 8.55. The molecule has 30 heavy (non-hydrogen) atoms. The Morgan fingerprint density at radius 3 is 2.97 bits per heavy atom. The second-order valence-electron chi connectivity index (χ2n) is 8.43. The van der Waals surface area contributed by atoms with Crippen molar-refractivity contribution >= 4 is 33.1 Å². The summed E-state index contributed by atoms with van der Waals surface area (Å²) in [6.45, 7) is 9.32. The van der Waals surface area contributed by atoms with E-state index in [1.54, 1.807) is 15.9 Å². The van der Waals surface area contributed by atoms with Gasteiger partial charge in [-0.1, -0.05) is 6.92 Å². The highest BCUT2D eigenvalue weighted by molar-refractivity contribution is 7.19. The van der Waals surface area contributed by atoms with Crippen molar-refractivity contribution in [1.29, 1.82) is 0 Å². The average Bonchev–Trinajstić information content (AvgIpc) is 3.33. The molecule has 1 atom stereocenters. The molecule has 2 aliphatic rings. The number of rotatable bonds is 5. The molecular weight excluding hydrogens is 400 g/mol. The first kappa shape index (κ1) is 19.8. The van der Waals surface area contributed by atoms with Gasteiger partial charge in [-0.25, -0.2) is 9.97 Å². The number of nitrogens with one attached hydrogen (secondary N) is 1. The van der Waals surface area contributed by atoms with Gasteiger partial charge in [0.05, 0.1) is 18.6 Å². The minimum Gasteiger partial charge on any atom is -0.379 e. The number of fused-ring (bicyclic) bond motifs is 5. The second kappa shape index (κ2) is 8.20. The zero-order valence-electron chi connectivity index (χ0n) is 17.6. The molecule has 1 fully saturated rings. The zero-order chi connectivity index (χ0) is 20.7. The molecule has 5 rings (SSSR count). The number of morpholine rings is 1. The lowest BCUT2D eigenvalue weighted by Gasteiger charge is -2.26. The lowest BCUT2D eigenvalue weighted by molar-refractivity contribution is 0.0374. The van der Waals surface area contributed by atoms with Crippen molar-refractivity contribution in [3.05, 3.63) is 22.1 Å². The van der Waals surface area contributed by atoms with Crippen LogP contribution in [0.2, 0.25) is 0 Å². The number of nitrogens with zero attached hydrogens (tertiary/aromatic N) is 5. The Bertz CT molecular complexity index is 1080. The summed E-state index contributed by atoms with van der Waals surface area (Å²) in [6.07, 6.45) is 4.28. The Labute approximate surface area is 179 Å². The number of ether oxygens (including phenoxy) is 1. The minimum atomic E-state index is -0.217. The van der Waals surface area contributed by atoms with Gasteiger partial charge in [0.25, 0.3) is 5.91 Å². The highest BCUT2D eigenvalue weighted by Gasteiger charge is 2.25. The van der Waals surface area contributed by atoms with Crippen LogP contribution in [-0.4, -0.2) is 69.8 Å². The van der Waals surface area contributed by atoms with Crippen molar-refractivity contribution < 1.29 is 9.53 Å². The number of amides is 1. The van der Waals surface area contributed by atoms with Crippen LogP contribution in [0.1, 0.15) is 46.6 Å². The largest absolute Gasteiger partial charge is 0.379 e. The number of aromatic nitrogens is 4. The molecule has 1 aliphatic carbocycles. The monoisotopic (exact) mass is 428 g/mol. The molecule has 160 valence electrons. The highest BCUT2D eigenvalue weighted by Crippen LogP contribution is 2.38. The second-order valence-corrected chi connectivity index (χ2v) is 9.51. The summed E-state index contributed by atoms with van der Waals surface area (Å²) in [5.41, 5.74) is 2.12. The number of hydrogen-bond acceptors (Lipinski definition) is 7. The number of carbonyl (C=O) groups excluding carboxylic acids is 1. The van der Waals surface area contributed by atoms with Crippen LogP contribution in [0, 0.1) is 12.8 Å². The van der Waals surface area contributed by atoms with E-state index < -0.39 is 0 Å². The molecule has 0 unspecified atom stereocenters. The molecule has 3 aromatic heterocycles. The maximum atomic E-state index is 12.7. The van der Waals surface area contributed by atoms with E-state index in [1.807, 2.05) is 6.92 Å². The van der Waals surface area contributed by atoms with E-state index in [-0.39, 0.29) is 11.7 Å². The third-order valence-electron chi connectivity index (χ3n) is 6.13. The average molecular weight is 429 g/mol. The van der Waals surface area contributed by atoms with E-state index >= 15 is 0 Å². The van der Waals surface area contributed by atoms with Gasteiger partial charge in [-0.05, 0) is 50.6 Å². The first-order valence-electron chi connectivity index (χ1n) is 10.9. The van der Waals surface area contributed by atoms with E-state index in [0.29, 0.717) is 12.5 Å². The predicted octanol–water partition coefficient (Wildman–Crippen LogP) is 2.22. The SMILES string of the molecule is Cc1nc2sc3c(c2c2nc(C(=O)NCCCN4CCOCC4)nn12)C[C@@H](C)CC3. The fraction of sp³-hybridized carbons (Fsp3) is 0.619. The number of thiophene rings is 1. The smallest absolute Gasteiger partial charge is 0.290 e. The lowest BCUT2D eigenvalue weighted by Crippen LogP contribution is -2.38. The van der Waals surface area contributed by atoms with Gasteiger partial charge in [-0.3, -0.25) is 9.69 Å². The number of carbonyl (C=O) groups is 1. The van der Waals surface area contributed by atoms with Gasteiger partial charge in [-0.15, -0.1) is 16.4 Å². The topological polar surface area (TPSA) is 84.7 Å². The van der Waals surface area contributed by atoms with Crippen molar-refractivity contribution in [3.63, 3.8) is 0 Å². The first-order valence-corrected chi connectivity index (χ1v) is 11.7. The van der Waals surface area contributed by atoms with E-state index in [2.05, 4.69) is 27.2 Å². The van der Waals surface area contributed by atoms with E-state index in [9.17, 15) is 4.79 Å². The van der Waals surface area contributed by atoms with Gasteiger partial charge >= 0.3 is 0 Å². The maximum absolute atomic E-state index is 12.7. The Morgan fingerprint density at radius 2 is 2.13 bits per heavy atom. The van der Waals surface area contributed by atoms with Gasteiger partial charge in [0.15, 0.2) is 5.65 Å². The summed E-state index contributed by atoms with van der Waals surface area (Å²) in [4.78, 5) is 26.9. The summed E-state index contributed by atoms with van der Waals surface area (Å²) >= 11 is 1.77. The molecule has 0 aromatic carbocycles. The molecular formula is C21H28N6O2S. The Morgan fingerprint density at radius 1 is 1.30 bits per heavy atom. The summed E-state index contributed by atoms with van der Waals surface area (Å²) < 4.78 is 7.10. The Kier molecular flexibility index (Phi) is 5.43. The van der Waals surface area contributed by atoms with Gasteiger partial charge in [0.1, 0.15) is 10.7 Å². The Balaban J connectivity index is 1.35. The standard InChI is InChI=1S/C21H28N6O2S/c1-13-4-5-16-15(12-13)17-19-24-18(25-27(19)14(2)23-21(17)30-16)20(28)22-6-3-7-26-8-10-29-11-9-26/h13H,3-12H2,1-2H3,(H,22,28)/t13-/m0/s1. The van der Waals surface area contributed by atoms with Gasteiger partial charge in [0, 0.05) is 24.5 Å². The van der Waals surface area contributed by atoms with Crippen LogP contribution in [0.15, 0.2) is 0 Å². The normalized spacial score (nSPS) is 20.0. The van der Waals surface area contributed by atoms with Gasteiger partial charge in [0.2, 0.25) is 5.82 Å². The van der Waals surface area contributed by atoms with Gasteiger partial charge in [-0.2, -0.15) is 4.52 Å². The zero-order valence-corrected chi connectivity index (χ0v) is 18.4. The lowest BCUT2D eigenvalue weighted by atomic mass is 9.89. The van der Waals surface area contributed by atoms with Crippen molar-refractivity contribution in [1.82, 2.24) is 29.8 Å². The molecule has 3 aromatic rings. The molecule has 1 saturated heterocycles. The molecule has 1 N–H and O–H groups in total. The van der Waals surface area contributed by atoms with Crippen molar-refractivity contribution in [2.75, 3.05) is 39.4 Å². The summed E-state index contributed by atoms with van der Waals surface area (Å²) in [5.74, 6) is 1.44. The first-order chi connectivity index (χ1) is 14.6. The van der Waals surface area contributed by atoms with Crippen LogP contribution in [0.4, 0.5) is 0 Å². The predicted molar refractivity (Wildman–Crippen MR) is 116 cm³/mol. The summed E-state index contributed by atoms with van der Waals surface area (Å²) in [7, 11) is 0. The van der Waals surface area contributed by atoms with Crippen molar-refractivity contribution in [3.8, 4) is 0 Å². The molecule has 8 nitrogen and oxygen atoms in total. The van der Waals surface area contributed by atoms with Crippen LogP contribution in [0.3, 0.4) is 0 Å². The fourth-order valence-electron chi connectivity index (χ4n) is 4.45. The van der Waals surface area contributed by atoms with Crippen LogP contribution >= 0.6 is 11.3 Å². The molecule has 0 bridgehead atoms. The van der Waals surface area contributed by atoms with Gasteiger partial charge < -0.3 is 10.1 Å². The minimum absolute atomic E-state index is 0.217. The highest BCUT2D eigenvalue weighted by atomic mass is 32.1. The number of hydrogen-bond donors (Lipinski definition) is 1. The van der Waals surface area contributed by atoms with Crippen LogP contribution in [0.25, 0.3) is 15.9 Å². The quantitative estimate of drug-likeness (QED) is 0.628. The molecule has 0 saturated carbocycles. The van der Waals surface area contributed by atoms with Crippen molar-refractivity contribution in [2.45, 2.75) is 39.5 Å². The number of aryl methyl sites for hydroxylation is 2. The van der Waals surface area contributed by atoms with Crippen LogP contribution < -0.4 is 5.32 Å². The molecule has 4 heterocycles. The molecule has 0 radical (unpaired) electrons. The van der Waals surface area contributed by atoms with E-state index in [0.717, 1.165) is 73.8 Å². The summed E-state index contributed by atoms with van der Waals surface area (Å²) in [6, 6.07) is 0. The van der Waals surface area contributed by atoms with Crippen LogP contribution in [-0.2, 0) is 17.6 Å². The third kappa shape index (κ3) is 3.70. The molecule has 9 heteroatoms. The van der Waals surface area contributed by atoms with Crippen molar-refractivity contribution in [2.24, 2.45) is 5.92 Å². The Hall–Kier alpha value is -2.10. The molecule has 1 amide bonds. The van der Waals surface area contributed by atoms with E-state index in [1.165, 1.54) is 16.9 Å². The fourth-order valence-corrected chi connectivity index (χ4v) is 5.71. The maximum Gasteiger partial charge on any atom is 0.290 e. The molecule has 0 spiro atoms.